The molecule has 0 saturated heterocycles. The number of carbonyl (C=O) groups is 1. The smallest absolute Gasteiger partial charge is 0.0642 e. The summed E-state index contributed by atoms with van der Waals surface area (Å²) < 4.78 is 0. The molecule has 2 bridgehead atoms. The molecule has 2 aliphatic rings. The molecule has 2 rings (SSSR count). The van der Waals surface area contributed by atoms with Crippen molar-refractivity contribution in [2.45, 2.75) is 33.1 Å². The fourth-order valence-corrected chi connectivity index (χ4v) is 3.11. The van der Waals surface area contributed by atoms with Gasteiger partial charge in [0.05, 0.1) is 5.97 Å². The number of allylic oxidation sites excluding steroid dienone is 1. The maximum Gasteiger partial charge on any atom is 0.0642 e. The van der Waals surface area contributed by atoms with Crippen molar-refractivity contribution in [1.29, 1.82) is 0 Å². The minimum atomic E-state index is -1.03. The number of rotatable bonds is 1. The number of hydrogen-bond acceptors (Lipinski definition) is 2. The molecule has 0 aromatic carbocycles. The summed E-state index contributed by atoms with van der Waals surface area (Å²) in [6.07, 6.45) is 4.96. The van der Waals surface area contributed by atoms with Crippen LogP contribution in [0.5, 0.6) is 0 Å². The van der Waals surface area contributed by atoms with Crippen LogP contribution >= 0.6 is 0 Å². The van der Waals surface area contributed by atoms with E-state index in [0.717, 1.165) is 5.57 Å². The Hall–Kier alpha value is -0.790. The molecule has 2 heteroatoms. The maximum absolute atomic E-state index is 10.5. The third-order valence-electron chi connectivity index (χ3n) is 3.91. The predicted molar refractivity (Wildman–Crippen MR) is 47.7 cm³/mol. The minimum Gasteiger partial charge on any atom is -0.545 e. The van der Waals surface area contributed by atoms with Crippen molar-refractivity contribution in [3.8, 4) is 0 Å². The molecule has 0 heterocycles. The van der Waals surface area contributed by atoms with Crippen molar-refractivity contribution in [3.63, 3.8) is 0 Å². The van der Waals surface area contributed by atoms with Crippen LogP contribution in [0.25, 0.3) is 0 Å². The molecule has 0 aliphatic heterocycles. The van der Waals surface area contributed by atoms with Crippen molar-refractivity contribution in [2.24, 2.45) is 17.3 Å². The van der Waals surface area contributed by atoms with Gasteiger partial charge >= 0.3 is 0 Å². The summed E-state index contributed by atoms with van der Waals surface area (Å²) in [4.78, 5) is 10.5. The molecule has 0 spiro atoms. The molecule has 2 aliphatic carbocycles. The Morgan fingerprint density at radius 2 is 2.23 bits per heavy atom. The quantitative estimate of drug-likeness (QED) is 0.566. The van der Waals surface area contributed by atoms with E-state index in [-0.39, 0.29) is 5.41 Å². The van der Waals surface area contributed by atoms with Crippen LogP contribution in [-0.4, -0.2) is 5.97 Å². The predicted octanol–water partition coefficient (Wildman–Crippen LogP) is 1.12. The molecule has 0 amide bonds. The number of carbonyl (C=O) groups excluding carboxylic acids is 1. The first-order valence-corrected chi connectivity index (χ1v) is 4.95. The van der Waals surface area contributed by atoms with E-state index in [1.165, 1.54) is 25.3 Å². The number of hydrogen-bond donors (Lipinski definition) is 0. The average molecular weight is 179 g/mol. The Morgan fingerprint density at radius 3 is 2.69 bits per heavy atom. The standard InChI is InChI=1S/C11H16O2/c1-11(2)8-4-3-7(5-8)9(11)6-10(12)13/h6-8H,3-5H2,1-2H3,(H,12,13)/p-1/t7-,8-/m0/s1. The Morgan fingerprint density at radius 1 is 1.54 bits per heavy atom. The van der Waals surface area contributed by atoms with Crippen LogP contribution in [-0.2, 0) is 4.79 Å². The van der Waals surface area contributed by atoms with Gasteiger partial charge in [0.2, 0.25) is 0 Å². The van der Waals surface area contributed by atoms with Crippen LogP contribution in [0.1, 0.15) is 33.1 Å². The average Bonchev–Trinajstić information content (AvgIpc) is 2.53. The van der Waals surface area contributed by atoms with Gasteiger partial charge in [0.1, 0.15) is 0 Å². The van der Waals surface area contributed by atoms with Gasteiger partial charge in [-0.1, -0.05) is 19.4 Å². The summed E-state index contributed by atoms with van der Waals surface area (Å²) in [5.74, 6) is 0.191. The van der Waals surface area contributed by atoms with E-state index < -0.39 is 5.97 Å². The summed E-state index contributed by atoms with van der Waals surface area (Å²) in [5, 5.41) is 10.5. The number of carboxylic acids is 1. The van der Waals surface area contributed by atoms with Crippen LogP contribution in [0, 0.1) is 17.3 Å². The van der Waals surface area contributed by atoms with E-state index in [0.29, 0.717) is 11.8 Å². The van der Waals surface area contributed by atoms with Crippen molar-refractivity contribution >= 4 is 5.97 Å². The van der Waals surface area contributed by atoms with Crippen LogP contribution in [0.4, 0.5) is 0 Å². The minimum absolute atomic E-state index is 0.100. The van der Waals surface area contributed by atoms with Gasteiger partial charge in [-0.05, 0) is 42.6 Å². The molecule has 0 radical (unpaired) electrons. The Kier molecular flexibility index (Phi) is 1.76. The molecule has 0 unspecified atom stereocenters. The molecule has 0 aromatic rings. The van der Waals surface area contributed by atoms with Crippen LogP contribution in [0.3, 0.4) is 0 Å². The van der Waals surface area contributed by atoms with E-state index >= 15 is 0 Å². The zero-order valence-electron chi connectivity index (χ0n) is 8.17. The van der Waals surface area contributed by atoms with E-state index in [2.05, 4.69) is 13.8 Å². The van der Waals surface area contributed by atoms with Crippen LogP contribution < -0.4 is 5.11 Å². The van der Waals surface area contributed by atoms with Gasteiger partial charge in [0.15, 0.2) is 0 Å². The Bertz CT molecular complexity index is 276. The second-order valence-electron chi connectivity index (χ2n) is 4.85. The van der Waals surface area contributed by atoms with E-state index in [9.17, 15) is 9.90 Å². The molecule has 2 fully saturated rings. The van der Waals surface area contributed by atoms with Crippen molar-refractivity contribution in [3.05, 3.63) is 11.6 Å². The third kappa shape index (κ3) is 1.19. The van der Waals surface area contributed by atoms with E-state index in [4.69, 9.17) is 0 Å². The highest BCUT2D eigenvalue weighted by Crippen LogP contribution is 2.58. The Balaban J connectivity index is 2.34. The van der Waals surface area contributed by atoms with E-state index in [1.54, 1.807) is 0 Å². The molecule has 2 atom stereocenters. The largest absolute Gasteiger partial charge is 0.545 e. The van der Waals surface area contributed by atoms with Gasteiger partial charge in [0.25, 0.3) is 0 Å². The van der Waals surface area contributed by atoms with Crippen molar-refractivity contribution in [1.82, 2.24) is 0 Å². The van der Waals surface area contributed by atoms with Crippen molar-refractivity contribution < 1.29 is 9.90 Å². The first kappa shape index (κ1) is 8.79. The summed E-state index contributed by atoms with van der Waals surface area (Å²) >= 11 is 0. The maximum atomic E-state index is 10.5. The fourth-order valence-electron chi connectivity index (χ4n) is 3.11. The summed E-state index contributed by atoms with van der Waals surface area (Å²) in [7, 11) is 0. The van der Waals surface area contributed by atoms with Gasteiger partial charge in [-0.25, -0.2) is 0 Å². The van der Waals surface area contributed by atoms with Gasteiger partial charge < -0.3 is 9.90 Å². The first-order valence-electron chi connectivity index (χ1n) is 4.95. The summed E-state index contributed by atoms with van der Waals surface area (Å²) in [6, 6.07) is 0. The SMILES string of the molecule is CC1(C)C(=CC(=O)[O-])[C@H]2CC[C@H]1C2. The molecular formula is C11H15O2-. The normalized spacial score (nSPS) is 38.5. The lowest BCUT2D eigenvalue weighted by molar-refractivity contribution is -0.297. The highest BCUT2D eigenvalue weighted by atomic mass is 16.4. The zero-order chi connectivity index (χ0) is 9.64. The van der Waals surface area contributed by atoms with Gasteiger partial charge in [-0.3, -0.25) is 0 Å². The lowest BCUT2D eigenvalue weighted by Crippen LogP contribution is -2.27. The highest BCUT2D eigenvalue weighted by molar-refractivity contribution is 5.79. The molecular weight excluding hydrogens is 164 g/mol. The summed E-state index contributed by atoms with van der Waals surface area (Å²) in [5.41, 5.74) is 1.21. The van der Waals surface area contributed by atoms with E-state index in [1.807, 2.05) is 0 Å². The first-order chi connectivity index (χ1) is 6.01. The van der Waals surface area contributed by atoms with Crippen LogP contribution in [0.15, 0.2) is 11.6 Å². The second kappa shape index (κ2) is 2.60. The fraction of sp³-hybridized carbons (Fsp3) is 0.727. The van der Waals surface area contributed by atoms with Gasteiger partial charge in [0, 0.05) is 0 Å². The van der Waals surface area contributed by atoms with Gasteiger partial charge in [-0.2, -0.15) is 0 Å². The molecule has 72 valence electrons. The zero-order valence-corrected chi connectivity index (χ0v) is 8.17. The highest BCUT2D eigenvalue weighted by Gasteiger charge is 2.48. The third-order valence-corrected chi connectivity index (χ3v) is 3.91. The van der Waals surface area contributed by atoms with Crippen molar-refractivity contribution in [2.75, 3.05) is 0 Å². The number of aliphatic carboxylic acids is 1. The van der Waals surface area contributed by atoms with Gasteiger partial charge in [-0.15, -0.1) is 0 Å². The number of carboxylic acid groups (broad SMARTS) is 1. The summed E-state index contributed by atoms with van der Waals surface area (Å²) in [6.45, 7) is 4.32. The molecule has 0 N–H and O–H groups in total. The monoisotopic (exact) mass is 179 g/mol. The Labute approximate surface area is 78.6 Å². The number of fused-ring (bicyclic) bond motifs is 2. The molecule has 2 nitrogen and oxygen atoms in total. The lowest BCUT2D eigenvalue weighted by Gasteiger charge is -2.32. The molecule has 2 saturated carbocycles. The topological polar surface area (TPSA) is 40.1 Å². The molecule has 0 aromatic heterocycles. The second-order valence-corrected chi connectivity index (χ2v) is 4.85. The lowest BCUT2D eigenvalue weighted by atomic mass is 9.73. The van der Waals surface area contributed by atoms with Crippen LogP contribution in [0.2, 0.25) is 0 Å². The molecule has 13 heavy (non-hydrogen) atoms.